The maximum absolute atomic E-state index is 13.1. The highest BCUT2D eigenvalue weighted by atomic mass is 35.5. The van der Waals surface area contributed by atoms with Crippen molar-refractivity contribution < 1.29 is 19.1 Å². The normalized spacial score (nSPS) is 11.8. The Morgan fingerprint density at radius 2 is 1.76 bits per heavy atom. The van der Waals surface area contributed by atoms with Gasteiger partial charge in [0.1, 0.15) is 12.6 Å². The highest BCUT2D eigenvalue weighted by Crippen LogP contribution is 2.35. The van der Waals surface area contributed by atoms with Crippen molar-refractivity contribution in [3.63, 3.8) is 0 Å². The van der Waals surface area contributed by atoms with Gasteiger partial charge in [-0.15, -0.1) is 6.58 Å². The minimum absolute atomic E-state index is 0.124. The predicted molar refractivity (Wildman–Crippen MR) is 170 cm³/mol. The highest BCUT2D eigenvalue weighted by Gasteiger charge is 2.23. The lowest BCUT2D eigenvalue weighted by Crippen LogP contribution is -2.46. The lowest BCUT2D eigenvalue weighted by Gasteiger charge is -2.19. The number of hydrogen-bond acceptors (Lipinski definition) is 5. The fraction of sp³-hybridized carbons (Fsp3) is 0.281. The van der Waals surface area contributed by atoms with Crippen LogP contribution in [0.4, 0.5) is 0 Å². The molecule has 0 heterocycles. The number of carbonyl (C=O) groups is 2. The van der Waals surface area contributed by atoms with Crippen molar-refractivity contribution in [2.75, 3.05) is 6.61 Å². The molecule has 0 bridgehead atoms. The second-order valence-corrected chi connectivity index (χ2v) is 11.1. The van der Waals surface area contributed by atoms with Crippen molar-refractivity contribution in [3.05, 3.63) is 105 Å². The molecule has 2 N–H and O–H groups in total. The number of carbonyl (C=O) groups excluding carboxylic acids is 2. The SMILES string of the molecule is C=CCc1cc(/C=N\NC(=O)[C@@H](CC(C)C)NC(=O)c2ccc(Cl)cc2Cl)cc(OCC)c1OCc1ccccc1Cl. The van der Waals surface area contributed by atoms with Gasteiger partial charge in [-0.25, -0.2) is 5.43 Å². The lowest BCUT2D eigenvalue weighted by molar-refractivity contribution is -0.123. The van der Waals surface area contributed by atoms with Crippen LogP contribution in [0.2, 0.25) is 15.1 Å². The highest BCUT2D eigenvalue weighted by molar-refractivity contribution is 6.36. The van der Waals surface area contributed by atoms with E-state index in [2.05, 4.69) is 22.4 Å². The van der Waals surface area contributed by atoms with Crippen molar-refractivity contribution in [3.8, 4) is 11.5 Å². The fourth-order valence-electron chi connectivity index (χ4n) is 4.12. The molecule has 0 aliphatic carbocycles. The van der Waals surface area contributed by atoms with Gasteiger partial charge >= 0.3 is 0 Å². The molecule has 3 aromatic carbocycles. The van der Waals surface area contributed by atoms with Gasteiger partial charge in [-0.05, 0) is 67.6 Å². The molecular formula is C32H34Cl3N3O4. The molecule has 42 heavy (non-hydrogen) atoms. The third-order valence-electron chi connectivity index (χ3n) is 6.04. The smallest absolute Gasteiger partial charge is 0.262 e. The molecule has 0 aromatic heterocycles. The zero-order valence-corrected chi connectivity index (χ0v) is 26.0. The monoisotopic (exact) mass is 629 g/mol. The third-order valence-corrected chi connectivity index (χ3v) is 6.96. The van der Waals surface area contributed by atoms with Crippen LogP contribution in [0.15, 0.2) is 72.4 Å². The Morgan fingerprint density at radius 1 is 1.00 bits per heavy atom. The minimum atomic E-state index is -0.836. The molecule has 0 spiro atoms. The van der Waals surface area contributed by atoms with Crippen molar-refractivity contribution >= 4 is 52.8 Å². The fourth-order valence-corrected chi connectivity index (χ4v) is 4.80. The quantitative estimate of drug-likeness (QED) is 0.109. The van der Waals surface area contributed by atoms with Crippen LogP contribution in [-0.2, 0) is 17.8 Å². The van der Waals surface area contributed by atoms with Crippen molar-refractivity contribution in [2.24, 2.45) is 11.0 Å². The Kier molecular flexibility index (Phi) is 12.7. The molecule has 0 aliphatic rings. The molecule has 0 unspecified atom stereocenters. The molecule has 0 aliphatic heterocycles. The van der Waals surface area contributed by atoms with Gasteiger partial charge in [-0.2, -0.15) is 5.10 Å². The van der Waals surface area contributed by atoms with Crippen LogP contribution in [0.5, 0.6) is 11.5 Å². The van der Waals surface area contributed by atoms with Crippen molar-refractivity contribution in [1.82, 2.24) is 10.7 Å². The van der Waals surface area contributed by atoms with Gasteiger partial charge in [0.05, 0.1) is 23.4 Å². The number of nitrogens with zero attached hydrogens (tertiary/aromatic N) is 1. The summed E-state index contributed by atoms with van der Waals surface area (Å²) in [6.45, 7) is 10.3. The topological polar surface area (TPSA) is 89.0 Å². The molecule has 10 heteroatoms. The third kappa shape index (κ3) is 9.51. The molecular weight excluding hydrogens is 597 g/mol. The summed E-state index contributed by atoms with van der Waals surface area (Å²) in [5.74, 6) is 0.290. The van der Waals surface area contributed by atoms with E-state index in [1.165, 1.54) is 18.3 Å². The van der Waals surface area contributed by atoms with Crippen molar-refractivity contribution in [2.45, 2.75) is 46.3 Å². The number of nitrogens with one attached hydrogen (secondary N) is 2. The van der Waals surface area contributed by atoms with E-state index < -0.39 is 17.9 Å². The number of hydrazone groups is 1. The number of halogens is 3. The first-order valence-electron chi connectivity index (χ1n) is 13.5. The summed E-state index contributed by atoms with van der Waals surface area (Å²) in [5, 5.41) is 8.13. The summed E-state index contributed by atoms with van der Waals surface area (Å²) in [6.07, 6.45) is 4.19. The van der Waals surface area contributed by atoms with E-state index in [1.54, 1.807) is 18.2 Å². The average Bonchev–Trinajstić information content (AvgIpc) is 2.93. The number of hydrogen-bond donors (Lipinski definition) is 2. The number of benzene rings is 3. The molecule has 0 fully saturated rings. The van der Waals surface area contributed by atoms with Crippen LogP contribution in [0.3, 0.4) is 0 Å². The molecule has 3 aromatic rings. The van der Waals surface area contributed by atoms with E-state index >= 15 is 0 Å². The largest absolute Gasteiger partial charge is 0.490 e. The van der Waals surface area contributed by atoms with E-state index in [1.807, 2.05) is 51.1 Å². The van der Waals surface area contributed by atoms with Gasteiger partial charge in [0.15, 0.2) is 11.5 Å². The van der Waals surface area contributed by atoms with E-state index in [-0.39, 0.29) is 23.1 Å². The van der Waals surface area contributed by atoms with E-state index in [4.69, 9.17) is 44.3 Å². The molecule has 0 radical (unpaired) electrons. The summed E-state index contributed by atoms with van der Waals surface area (Å²) in [7, 11) is 0. The van der Waals surface area contributed by atoms with Gasteiger partial charge in [0, 0.05) is 21.2 Å². The lowest BCUT2D eigenvalue weighted by atomic mass is 10.0. The maximum atomic E-state index is 13.1. The first-order valence-corrected chi connectivity index (χ1v) is 14.6. The molecule has 2 amide bonds. The minimum Gasteiger partial charge on any atom is -0.490 e. The Hall–Kier alpha value is -3.52. The number of amides is 2. The summed E-state index contributed by atoms with van der Waals surface area (Å²) >= 11 is 18.4. The Labute approximate surface area is 261 Å². The molecule has 222 valence electrons. The van der Waals surface area contributed by atoms with Crippen molar-refractivity contribution in [1.29, 1.82) is 0 Å². The van der Waals surface area contributed by atoms with Crippen LogP contribution in [0.25, 0.3) is 0 Å². The van der Waals surface area contributed by atoms with E-state index in [0.717, 1.165) is 11.1 Å². The predicted octanol–water partition coefficient (Wildman–Crippen LogP) is 7.65. The van der Waals surface area contributed by atoms with E-state index in [0.29, 0.717) is 46.6 Å². The number of ether oxygens (including phenoxy) is 2. The Bertz CT molecular complexity index is 1440. The van der Waals surface area contributed by atoms with Gasteiger partial charge in [0.25, 0.3) is 11.8 Å². The van der Waals surface area contributed by atoms with Gasteiger partial charge in [0.2, 0.25) is 0 Å². The van der Waals surface area contributed by atoms with Crippen LogP contribution in [0, 0.1) is 5.92 Å². The number of allylic oxidation sites excluding steroid dienone is 1. The zero-order chi connectivity index (χ0) is 30.6. The van der Waals surface area contributed by atoms with Gasteiger partial charge < -0.3 is 14.8 Å². The van der Waals surface area contributed by atoms with Crippen LogP contribution >= 0.6 is 34.8 Å². The molecule has 1 atom stereocenters. The first-order chi connectivity index (χ1) is 20.1. The molecule has 3 rings (SSSR count). The standard InChI is InChI=1S/C32H34Cl3N3O4/c1-5-9-22-15-21(16-29(41-6-2)30(22)42-19-23-10-7-8-11-26(23)34)18-36-38-32(40)28(14-20(3)4)37-31(39)25-13-12-24(33)17-27(25)35/h5,7-8,10-13,15-18,20,28H,1,6,9,14,19H2,2-4H3,(H,37,39)(H,38,40)/b36-18-/t28-/m1/s1. The Morgan fingerprint density at radius 3 is 2.43 bits per heavy atom. The molecule has 0 saturated heterocycles. The summed E-state index contributed by atoms with van der Waals surface area (Å²) < 4.78 is 12.1. The second-order valence-electron chi connectivity index (χ2n) is 9.83. The van der Waals surface area contributed by atoms with Gasteiger partial charge in [-0.1, -0.05) is 72.9 Å². The van der Waals surface area contributed by atoms with Crippen LogP contribution < -0.4 is 20.2 Å². The summed E-state index contributed by atoms with van der Waals surface area (Å²) in [5.41, 5.74) is 5.13. The maximum Gasteiger partial charge on any atom is 0.262 e. The van der Waals surface area contributed by atoms with Crippen LogP contribution in [0.1, 0.15) is 54.2 Å². The van der Waals surface area contributed by atoms with Gasteiger partial charge in [-0.3, -0.25) is 9.59 Å². The zero-order valence-electron chi connectivity index (χ0n) is 23.8. The van der Waals surface area contributed by atoms with Crippen LogP contribution in [-0.4, -0.2) is 30.7 Å². The summed E-state index contributed by atoms with van der Waals surface area (Å²) in [6, 6.07) is 14.9. The average molecular weight is 631 g/mol. The molecule has 0 saturated carbocycles. The van der Waals surface area contributed by atoms with E-state index in [9.17, 15) is 9.59 Å². The summed E-state index contributed by atoms with van der Waals surface area (Å²) in [4.78, 5) is 25.9. The Balaban J connectivity index is 1.78. The first kappa shape index (κ1) is 33.0. The molecule has 7 nitrogen and oxygen atoms in total. The number of rotatable bonds is 14. The second kappa shape index (κ2) is 16.2.